The van der Waals surface area contributed by atoms with Gasteiger partial charge in [0.1, 0.15) is 17.4 Å². The molecule has 0 spiro atoms. The largest absolute Gasteiger partial charge is 0.465 e. The summed E-state index contributed by atoms with van der Waals surface area (Å²) in [6.45, 7) is 1.76. The molecule has 1 amide bonds. The number of aromatic nitrogens is 1. The predicted octanol–water partition coefficient (Wildman–Crippen LogP) is 1.61. The smallest absolute Gasteiger partial charge is 0.325 e. The van der Waals surface area contributed by atoms with Gasteiger partial charge in [-0.05, 0) is 13.0 Å². The van der Waals surface area contributed by atoms with E-state index in [0.717, 1.165) is 0 Å². The van der Waals surface area contributed by atoms with Crippen LogP contribution >= 0.6 is 23.2 Å². The average molecular weight is 265 g/mol. The zero-order chi connectivity index (χ0) is 12.1. The second kappa shape index (κ2) is 5.77. The lowest BCUT2D eigenvalue weighted by molar-refractivity contribution is -0.141. The molecule has 0 saturated heterocycles. The second-order valence-corrected chi connectivity index (χ2v) is 3.62. The molecule has 0 aliphatic carbocycles. The summed E-state index contributed by atoms with van der Waals surface area (Å²) >= 11 is 11.3. The van der Waals surface area contributed by atoms with Crippen LogP contribution < -0.4 is 5.32 Å². The van der Waals surface area contributed by atoms with Crippen molar-refractivity contribution < 1.29 is 14.3 Å². The summed E-state index contributed by atoms with van der Waals surface area (Å²) in [5.41, 5.74) is 0.194. The van der Waals surface area contributed by atoms with Crippen LogP contribution in [0.1, 0.15) is 17.4 Å². The number of halogens is 2. The van der Waals surface area contributed by atoms with Crippen LogP contribution in [0.3, 0.4) is 0 Å². The fraction of sp³-hybridized carbons (Fsp3) is 0.333. The highest BCUT2D eigenvalue weighted by Crippen LogP contribution is 2.21. The summed E-state index contributed by atoms with van der Waals surface area (Å²) in [5.74, 6) is -0.971. The van der Waals surface area contributed by atoms with E-state index in [2.05, 4.69) is 15.0 Å². The highest BCUT2D eigenvalue weighted by atomic mass is 35.5. The van der Waals surface area contributed by atoms with Gasteiger partial charge in [0.2, 0.25) is 0 Å². The van der Waals surface area contributed by atoms with E-state index in [-0.39, 0.29) is 29.0 Å². The van der Waals surface area contributed by atoms with Gasteiger partial charge in [-0.25, -0.2) is 0 Å². The topological polar surface area (TPSA) is 71.2 Å². The van der Waals surface area contributed by atoms with Gasteiger partial charge in [0, 0.05) is 0 Å². The molecular formula is C9H10Cl2N2O3. The van der Waals surface area contributed by atoms with Gasteiger partial charge in [0.25, 0.3) is 5.91 Å². The minimum absolute atomic E-state index is 0.183. The Morgan fingerprint density at radius 2 is 2.19 bits per heavy atom. The van der Waals surface area contributed by atoms with E-state index in [4.69, 9.17) is 23.2 Å². The van der Waals surface area contributed by atoms with E-state index in [1.54, 1.807) is 6.92 Å². The van der Waals surface area contributed by atoms with Crippen molar-refractivity contribution in [3.05, 3.63) is 21.9 Å². The standard InChI is InChI=1S/C9H10Cl2N2O3/c1-2-16-7(14)4-12-9(15)6-3-5(10)8(11)13-6/h3,13H,2,4H2,1H3,(H,12,15). The minimum atomic E-state index is -0.500. The van der Waals surface area contributed by atoms with Crippen molar-refractivity contribution in [2.45, 2.75) is 6.92 Å². The van der Waals surface area contributed by atoms with Gasteiger partial charge in [0.05, 0.1) is 11.6 Å². The molecule has 0 radical (unpaired) electrons. The van der Waals surface area contributed by atoms with Crippen molar-refractivity contribution in [2.75, 3.05) is 13.2 Å². The molecule has 0 saturated carbocycles. The lowest BCUT2D eigenvalue weighted by Gasteiger charge is -2.03. The van der Waals surface area contributed by atoms with Gasteiger partial charge in [-0.15, -0.1) is 0 Å². The monoisotopic (exact) mass is 264 g/mol. The fourth-order valence-corrected chi connectivity index (χ4v) is 1.30. The summed E-state index contributed by atoms with van der Waals surface area (Å²) in [4.78, 5) is 25.0. The van der Waals surface area contributed by atoms with Crippen molar-refractivity contribution in [1.29, 1.82) is 0 Å². The van der Waals surface area contributed by atoms with Crippen molar-refractivity contribution in [1.82, 2.24) is 10.3 Å². The lowest BCUT2D eigenvalue weighted by Crippen LogP contribution is -2.30. The molecule has 1 aromatic rings. The quantitative estimate of drug-likeness (QED) is 0.812. The van der Waals surface area contributed by atoms with Gasteiger partial charge in [-0.2, -0.15) is 0 Å². The number of hydrogen-bond donors (Lipinski definition) is 2. The molecule has 0 atom stereocenters. The second-order valence-electron chi connectivity index (χ2n) is 2.83. The van der Waals surface area contributed by atoms with Crippen molar-refractivity contribution in [3.63, 3.8) is 0 Å². The Morgan fingerprint density at radius 1 is 1.50 bits per heavy atom. The molecule has 1 rings (SSSR count). The molecule has 0 aliphatic rings. The van der Waals surface area contributed by atoms with Gasteiger partial charge in [-0.1, -0.05) is 23.2 Å². The first-order valence-corrected chi connectivity index (χ1v) is 5.28. The number of nitrogens with one attached hydrogen (secondary N) is 2. The summed E-state index contributed by atoms with van der Waals surface area (Å²) in [6.07, 6.45) is 0. The Bertz CT molecular complexity index is 384. The maximum absolute atomic E-state index is 11.5. The number of rotatable bonds is 4. The van der Waals surface area contributed by atoms with E-state index in [1.165, 1.54) is 6.07 Å². The number of ether oxygens (including phenoxy) is 1. The number of aromatic amines is 1. The molecule has 1 aromatic heterocycles. The Morgan fingerprint density at radius 3 is 2.69 bits per heavy atom. The van der Waals surface area contributed by atoms with Crippen LogP contribution in [0.4, 0.5) is 0 Å². The molecular weight excluding hydrogens is 255 g/mol. The van der Waals surface area contributed by atoms with Crippen molar-refractivity contribution in [3.8, 4) is 0 Å². The van der Waals surface area contributed by atoms with Gasteiger partial charge >= 0.3 is 5.97 Å². The zero-order valence-electron chi connectivity index (χ0n) is 8.47. The molecule has 0 aliphatic heterocycles. The molecule has 1 heterocycles. The van der Waals surface area contributed by atoms with Gasteiger partial charge < -0.3 is 15.0 Å². The van der Waals surface area contributed by atoms with E-state index in [9.17, 15) is 9.59 Å². The first-order valence-electron chi connectivity index (χ1n) is 4.52. The van der Waals surface area contributed by atoms with E-state index in [0.29, 0.717) is 0 Å². The summed E-state index contributed by atoms with van der Waals surface area (Å²) in [6, 6.07) is 1.38. The molecule has 2 N–H and O–H groups in total. The van der Waals surface area contributed by atoms with E-state index in [1.807, 2.05) is 0 Å². The maximum Gasteiger partial charge on any atom is 0.325 e. The number of amides is 1. The molecule has 0 unspecified atom stereocenters. The van der Waals surface area contributed by atoms with E-state index >= 15 is 0 Å². The zero-order valence-corrected chi connectivity index (χ0v) is 9.98. The summed E-state index contributed by atoms with van der Waals surface area (Å²) in [5, 5.41) is 2.80. The number of carbonyl (C=O) groups excluding carboxylic acids is 2. The molecule has 16 heavy (non-hydrogen) atoms. The summed E-state index contributed by atoms with van der Waals surface area (Å²) < 4.78 is 4.64. The molecule has 88 valence electrons. The Hall–Kier alpha value is -1.20. The predicted molar refractivity (Wildman–Crippen MR) is 59.8 cm³/mol. The number of esters is 1. The Kier molecular flexibility index (Phi) is 4.64. The first kappa shape index (κ1) is 12.9. The van der Waals surface area contributed by atoms with Crippen molar-refractivity contribution in [2.24, 2.45) is 0 Å². The van der Waals surface area contributed by atoms with Crippen molar-refractivity contribution >= 4 is 35.1 Å². The van der Waals surface area contributed by atoms with Crippen LogP contribution in [-0.4, -0.2) is 30.0 Å². The highest BCUT2D eigenvalue weighted by Gasteiger charge is 2.12. The van der Waals surface area contributed by atoms with Crippen LogP contribution in [0, 0.1) is 0 Å². The van der Waals surface area contributed by atoms with Crippen LogP contribution in [0.25, 0.3) is 0 Å². The SMILES string of the molecule is CCOC(=O)CNC(=O)c1cc(Cl)c(Cl)[nH]1. The summed E-state index contributed by atoms with van der Waals surface area (Å²) in [7, 11) is 0. The normalized spacial score (nSPS) is 9.94. The molecule has 5 nitrogen and oxygen atoms in total. The van der Waals surface area contributed by atoms with Crippen LogP contribution in [0.2, 0.25) is 10.2 Å². The Labute approximate surface area is 102 Å². The maximum atomic E-state index is 11.5. The van der Waals surface area contributed by atoms with Crippen LogP contribution in [0.5, 0.6) is 0 Å². The third-order valence-corrected chi connectivity index (χ3v) is 2.36. The number of H-pyrrole nitrogens is 1. The number of hydrogen-bond acceptors (Lipinski definition) is 3. The average Bonchev–Trinajstić information content (AvgIpc) is 2.56. The Balaban J connectivity index is 2.50. The fourth-order valence-electron chi connectivity index (χ4n) is 0.986. The third-order valence-electron chi connectivity index (χ3n) is 1.67. The van der Waals surface area contributed by atoms with Crippen LogP contribution in [0.15, 0.2) is 6.07 Å². The lowest BCUT2D eigenvalue weighted by atomic mass is 10.4. The third kappa shape index (κ3) is 3.43. The minimum Gasteiger partial charge on any atom is -0.465 e. The molecule has 0 bridgehead atoms. The highest BCUT2D eigenvalue weighted by molar-refractivity contribution is 6.41. The molecule has 7 heteroatoms. The van der Waals surface area contributed by atoms with Gasteiger partial charge in [-0.3, -0.25) is 9.59 Å². The van der Waals surface area contributed by atoms with E-state index < -0.39 is 11.9 Å². The molecule has 0 fully saturated rings. The molecule has 0 aromatic carbocycles. The number of carbonyl (C=O) groups is 2. The van der Waals surface area contributed by atoms with Crippen LogP contribution in [-0.2, 0) is 9.53 Å². The van der Waals surface area contributed by atoms with Gasteiger partial charge in [0.15, 0.2) is 0 Å². The first-order chi connectivity index (χ1) is 7.54.